The minimum absolute atomic E-state index is 0.0141. The van der Waals surface area contributed by atoms with Crippen LogP contribution in [0.1, 0.15) is 22.3 Å². The number of halogens is 1. The second-order valence-corrected chi connectivity index (χ2v) is 10.6. The number of aliphatic hydroxyl groups is 1. The first-order chi connectivity index (χ1) is 17.6. The molecule has 2 aromatic carbocycles. The summed E-state index contributed by atoms with van der Waals surface area (Å²) in [5, 5.41) is 10.0. The predicted molar refractivity (Wildman–Crippen MR) is 143 cm³/mol. The van der Waals surface area contributed by atoms with Crippen molar-refractivity contribution in [2.45, 2.75) is 29.4 Å². The summed E-state index contributed by atoms with van der Waals surface area (Å²) in [6.45, 7) is 0.204. The highest BCUT2D eigenvalue weighted by Crippen LogP contribution is 2.44. The first-order valence-corrected chi connectivity index (χ1v) is 13.0. The number of fused-ring (bicyclic) bond motifs is 2. The molecule has 0 spiro atoms. The molecule has 0 unspecified atom stereocenters. The first-order valence-electron chi connectivity index (χ1n) is 11.3. The summed E-state index contributed by atoms with van der Waals surface area (Å²) in [6, 6.07) is 15.7. The summed E-state index contributed by atoms with van der Waals surface area (Å²) in [7, 11) is 0. The van der Waals surface area contributed by atoms with E-state index in [0.717, 1.165) is 42.2 Å². The number of aliphatic hydroxyl groups excluding tert-OH is 1. The van der Waals surface area contributed by atoms with Crippen molar-refractivity contribution in [3.63, 3.8) is 0 Å². The van der Waals surface area contributed by atoms with Gasteiger partial charge in [-0.3, -0.25) is 14.8 Å². The fourth-order valence-corrected chi connectivity index (χ4v) is 5.88. The molecule has 1 N–H and O–H groups in total. The predicted octanol–water partition coefficient (Wildman–Crippen LogP) is 5.67. The summed E-state index contributed by atoms with van der Waals surface area (Å²) >= 11 is 5.22. The Bertz CT molecular complexity index is 1670. The smallest absolute Gasteiger partial charge is 0.193 e. The van der Waals surface area contributed by atoms with Crippen LogP contribution in [0.4, 0.5) is 0 Å². The van der Waals surface area contributed by atoms with Crippen LogP contribution in [-0.4, -0.2) is 19.6 Å². The Morgan fingerprint density at radius 1 is 0.972 bits per heavy atom. The molecule has 8 heteroatoms. The van der Waals surface area contributed by atoms with Crippen molar-refractivity contribution >= 4 is 38.6 Å². The third-order valence-corrected chi connectivity index (χ3v) is 7.66. The summed E-state index contributed by atoms with van der Waals surface area (Å²) in [5.41, 5.74) is 5.13. The van der Waals surface area contributed by atoms with Crippen molar-refractivity contribution in [3.8, 4) is 11.4 Å². The van der Waals surface area contributed by atoms with Crippen LogP contribution in [0.15, 0.2) is 98.6 Å². The van der Waals surface area contributed by atoms with Crippen LogP contribution in [-0.2, 0) is 19.6 Å². The second kappa shape index (κ2) is 9.54. The number of benzene rings is 2. The topological polar surface area (TPSA) is 77.2 Å². The highest BCUT2D eigenvalue weighted by Gasteiger charge is 2.23. The molecule has 6 nitrogen and oxygen atoms in total. The van der Waals surface area contributed by atoms with Crippen LogP contribution < -0.4 is 10.2 Å². The first kappa shape index (κ1) is 23.0. The molecule has 0 fully saturated rings. The molecule has 5 aromatic rings. The van der Waals surface area contributed by atoms with Gasteiger partial charge in [-0.15, -0.1) is 0 Å². The van der Waals surface area contributed by atoms with Gasteiger partial charge in [-0.2, -0.15) is 0 Å². The van der Waals surface area contributed by atoms with Gasteiger partial charge in [0, 0.05) is 62.8 Å². The molecule has 3 aromatic heterocycles. The minimum atomic E-state index is -0.0770. The minimum Gasteiger partial charge on any atom is -0.489 e. The summed E-state index contributed by atoms with van der Waals surface area (Å²) in [6.07, 6.45) is 9.30. The average Bonchev–Trinajstić information content (AvgIpc) is 2.91. The maximum absolute atomic E-state index is 13.7. The summed E-state index contributed by atoms with van der Waals surface area (Å²) in [4.78, 5) is 24.2. The zero-order valence-corrected chi connectivity index (χ0v) is 21.4. The van der Waals surface area contributed by atoms with Gasteiger partial charge in [0.1, 0.15) is 12.4 Å². The van der Waals surface area contributed by atoms with Crippen molar-refractivity contribution in [1.82, 2.24) is 14.5 Å². The molecule has 0 bridgehead atoms. The van der Waals surface area contributed by atoms with Gasteiger partial charge < -0.3 is 14.4 Å². The van der Waals surface area contributed by atoms with E-state index in [4.69, 9.17) is 4.74 Å². The third-order valence-electron chi connectivity index (χ3n) is 6.07. The Kier molecular flexibility index (Phi) is 6.08. The average molecular weight is 558 g/mol. The Hall–Kier alpha value is -3.46. The fourth-order valence-electron chi connectivity index (χ4n) is 4.41. The lowest BCUT2D eigenvalue weighted by molar-refractivity contribution is 0.279. The standard InChI is InChI=1S/C28H20BrN3O3S/c29-21-3-4-25-24(8-21)32-14-20(7-17-2-1-5-30-11-17)28(34)23-9-22(10-26(36-25)27(23)32)35-16-19-6-18(15-33)12-31-13-19/h1-6,8-14,33H,7,15-16H2. The number of pyridine rings is 3. The van der Waals surface area contributed by atoms with Gasteiger partial charge in [-0.05, 0) is 53.6 Å². The third kappa shape index (κ3) is 4.32. The molecule has 1 aliphatic rings. The summed E-state index contributed by atoms with van der Waals surface area (Å²) in [5.74, 6) is 0.613. The van der Waals surface area contributed by atoms with Gasteiger partial charge in [0.15, 0.2) is 5.43 Å². The molecule has 0 amide bonds. The molecule has 4 heterocycles. The van der Waals surface area contributed by atoms with Crippen LogP contribution in [0.25, 0.3) is 16.6 Å². The molecule has 178 valence electrons. The number of aromatic nitrogens is 3. The quantitative estimate of drug-likeness (QED) is 0.284. The highest BCUT2D eigenvalue weighted by atomic mass is 79.9. The van der Waals surface area contributed by atoms with Crippen molar-refractivity contribution < 1.29 is 9.84 Å². The van der Waals surface area contributed by atoms with Gasteiger partial charge >= 0.3 is 0 Å². The van der Waals surface area contributed by atoms with E-state index in [-0.39, 0.29) is 18.6 Å². The largest absolute Gasteiger partial charge is 0.489 e. The second-order valence-electron chi connectivity index (χ2n) is 8.57. The maximum Gasteiger partial charge on any atom is 0.193 e. The monoisotopic (exact) mass is 557 g/mol. The van der Waals surface area contributed by atoms with E-state index in [1.165, 1.54) is 0 Å². The molecule has 0 atom stereocenters. The van der Waals surface area contributed by atoms with E-state index >= 15 is 0 Å². The van der Waals surface area contributed by atoms with Crippen LogP contribution in [0.5, 0.6) is 5.75 Å². The molecule has 36 heavy (non-hydrogen) atoms. The number of nitrogens with zero attached hydrogens (tertiary/aromatic N) is 3. The lowest BCUT2D eigenvalue weighted by Crippen LogP contribution is -2.17. The van der Waals surface area contributed by atoms with Crippen LogP contribution >= 0.6 is 27.7 Å². The van der Waals surface area contributed by atoms with E-state index in [2.05, 4.69) is 42.6 Å². The van der Waals surface area contributed by atoms with E-state index in [9.17, 15) is 9.90 Å². The lowest BCUT2D eigenvalue weighted by atomic mass is 10.0. The van der Waals surface area contributed by atoms with Gasteiger partial charge in [-0.1, -0.05) is 33.8 Å². The highest BCUT2D eigenvalue weighted by molar-refractivity contribution is 9.10. The van der Waals surface area contributed by atoms with E-state index < -0.39 is 0 Å². The van der Waals surface area contributed by atoms with Crippen molar-refractivity contribution in [2.24, 2.45) is 0 Å². The van der Waals surface area contributed by atoms with Crippen molar-refractivity contribution in [2.75, 3.05) is 0 Å². The van der Waals surface area contributed by atoms with Gasteiger partial charge in [0.2, 0.25) is 0 Å². The molecule has 0 saturated carbocycles. The lowest BCUT2D eigenvalue weighted by Gasteiger charge is -2.24. The Labute approximate surface area is 219 Å². The molecule has 6 rings (SSSR count). The molecule has 1 aliphatic heterocycles. The molecule has 0 radical (unpaired) electrons. The van der Waals surface area contributed by atoms with Crippen molar-refractivity contribution in [1.29, 1.82) is 0 Å². The molecular formula is C28H20BrN3O3S. The number of ether oxygens (including phenoxy) is 1. The Morgan fingerprint density at radius 3 is 2.67 bits per heavy atom. The fraction of sp³-hybridized carbons (Fsp3) is 0.107. The van der Waals surface area contributed by atoms with Crippen LogP contribution in [0.2, 0.25) is 0 Å². The molecular weight excluding hydrogens is 538 g/mol. The normalized spacial score (nSPS) is 11.9. The van der Waals surface area contributed by atoms with Gasteiger partial charge in [0.05, 0.1) is 23.2 Å². The Balaban J connectivity index is 1.48. The van der Waals surface area contributed by atoms with E-state index in [0.29, 0.717) is 23.1 Å². The molecule has 0 saturated heterocycles. The van der Waals surface area contributed by atoms with Crippen LogP contribution in [0.3, 0.4) is 0 Å². The number of rotatable bonds is 6. The zero-order chi connectivity index (χ0) is 24.6. The summed E-state index contributed by atoms with van der Waals surface area (Å²) < 4.78 is 9.22. The zero-order valence-electron chi connectivity index (χ0n) is 19.0. The van der Waals surface area contributed by atoms with Gasteiger partial charge in [-0.25, -0.2) is 0 Å². The van der Waals surface area contributed by atoms with Crippen molar-refractivity contribution in [3.05, 3.63) is 116 Å². The number of hydrogen-bond donors (Lipinski definition) is 1. The number of hydrogen-bond acceptors (Lipinski definition) is 6. The SMILES string of the molecule is O=c1c(Cc2cccnc2)cn2c3c(cc(OCc4cncc(CO)c4)cc13)Sc1ccc(Br)cc1-2. The van der Waals surface area contributed by atoms with Gasteiger partial charge in [0.25, 0.3) is 0 Å². The molecule has 0 aliphatic carbocycles. The van der Waals surface area contributed by atoms with E-state index in [1.54, 1.807) is 36.5 Å². The van der Waals surface area contributed by atoms with E-state index in [1.807, 2.05) is 42.6 Å². The maximum atomic E-state index is 13.7. The Morgan fingerprint density at radius 2 is 1.83 bits per heavy atom. The van der Waals surface area contributed by atoms with Crippen LogP contribution in [0, 0.1) is 0 Å².